The summed E-state index contributed by atoms with van der Waals surface area (Å²) in [6.07, 6.45) is 0.141. The van der Waals surface area contributed by atoms with Crippen molar-refractivity contribution < 1.29 is 19.1 Å². The van der Waals surface area contributed by atoms with Crippen LogP contribution in [0, 0.1) is 0 Å². The predicted octanol–water partition coefficient (Wildman–Crippen LogP) is 1.15. The zero-order valence-electron chi connectivity index (χ0n) is 12.4. The molecule has 0 aromatic rings. The molecule has 0 radical (unpaired) electrons. The molecule has 6 heteroatoms. The molecule has 19 heavy (non-hydrogen) atoms. The lowest BCUT2D eigenvalue weighted by Crippen LogP contribution is -2.43. The van der Waals surface area contributed by atoms with Gasteiger partial charge in [-0.2, -0.15) is 0 Å². The molecule has 0 aromatic heterocycles. The molecule has 2 unspecified atom stereocenters. The largest absolute Gasteiger partial charge is 0.459 e. The van der Waals surface area contributed by atoms with Crippen LogP contribution in [-0.4, -0.2) is 54.8 Å². The van der Waals surface area contributed by atoms with Gasteiger partial charge in [0.15, 0.2) is 0 Å². The maximum atomic E-state index is 11.8. The van der Waals surface area contributed by atoms with Gasteiger partial charge < -0.3 is 19.7 Å². The molecule has 1 saturated heterocycles. The van der Waals surface area contributed by atoms with E-state index in [-0.39, 0.29) is 6.10 Å². The molecule has 6 nitrogen and oxygen atoms in total. The van der Waals surface area contributed by atoms with E-state index in [1.54, 1.807) is 27.7 Å². The molecule has 1 aliphatic heterocycles. The van der Waals surface area contributed by atoms with Crippen LogP contribution in [0.15, 0.2) is 0 Å². The van der Waals surface area contributed by atoms with Gasteiger partial charge in [-0.1, -0.05) is 0 Å². The summed E-state index contributed by atoms with van der Waals surface area (Å²) in [5, 5.41) is 2.47. The number of esters is 1. The predicted molar refractivity (Wildman–Crippen MR) is 70.8 cm³/mol. The van der Waals surface area contributed by atoms with Crippen molar-refractivity contribution in [2.45, 2.75) is 51.9 Å². The first-order valence-electron chi connectivity index (χ1n) is 6.56. The third kappa shape index (κ3) is 5.92. The molecule has 1 N–H and O–H groups in total. The number of likely N-dealkylation sites (tertiary alicyclic amines) is 1. The van der Waals surface area contributed by atoms with Gasteiger partial charge in [-0.15, -0.1) is 0 Å². The Morgan fingerprint density at radius 1 is 1.37 bits per heavy atom. The summed E-state index contributed by atoms with van der Waals surface area (Å²) in [6, 6.07) is -0.708. The number of hydrogen-bond acceptors (Lipinski definition) is 5. The minimum absolute atomic E-state index is 0.0830. The van der Waals surface area contributed by atoms with E-state index in [1.807, 2.05) is 7.05 Å². The number of nitrogens with zero attached hydrogens (tertiary/aromatic N) is 1. The molecule has 1 amide bonds. The third-order valence-corrected chi connectivity index (χ3v) is 2.72. The van der Waals surface area contributed by atoms with Gasteiger partial charge in [0, 0.05) is 13.1 Å². The van der Waals surface area contributed by atoms with Gasteiger partial charge in [0.1, 0.15) is 17.7 Å². The maximum absolute atomic E-state index is 11.8. The van der Waals surface area contributed by atoms with E-state index in [0.717, 1.165) is 19.5 Å². The highest BCUT2D eigenvalue weighted by atomic mass is 16.6. The van der Waals surface area contributed by atoms with Crippen LogP contribution < -0.4 is 5.32 Å². The highest BCUT2D eigenvalue weighted by Crippen LogP contribution is 2.11. The van der Waals surface area contributed by atoms with Crippen LogP contribution >= 0.6 is 0 Å². The Kier molecular flexibility index (Phi) is 5.17. The second-order valence-corrected chi connectivity index (χ2v) is 5.98. The van der Waals surface area contributed by atoms with Gasteiger partial charge in [-0.05, 0) is 41.2 Å². The molecule has 1 aliphatic rings. The fourth-order valence-electron chi connectivity index (χ4n) is 1.80. The van der Waals surface area contributed by atoms with Gasteiger partial charge in [-0.25, -0.2) is 9.59 Å². The molecular formula is C13H24N2O4. The highest BCUT2D eigenvalue weighted by molar-refractivity contribution is 5.81. The Balaban J connectivity index is 2.34. The first-order valence-corrected chi connectivity index (χ1v) is 6.56. The number of hydrogen-bond donors (Lipinski definition) is 1. The van der Waals surface area contributed by atoms with E-state index in [2.05, 4.69) is 10.2 Å². The van der Waals surface area contributed by atoms with E-state index >= 15 is 0 Å². The molecule has 1 heterocycles. The summed E-state index contributed by atoms with van der Waals surface area (Å²) in [6.45, 7) is 8.55. The molecule has 0 saturated carbocycles. The van der Waals surface area contributed by atoms with Crippen LogP contribution in [0.4, 0.5) is 4.79 Å². The molecule has 0 aromatic carbocycles. The summed E-state index contributed by atoms with van der Waals surface area (Å²) in [5.41, 5.74) is -0.581. The number of likely N-dealkylation sites (N-methyl/N-ethyl adjacent to an activating group) is 1. The minimum atomic E-state index is -0.708. The van der Waals surface area contributed by atoms with E-state index in [4.69, 9.17) is 9.47 Å². The lowest BCUT2D eigenvalue weighted by molar-refractivity contribution is -0.150. The molecule has 110 valence electrons. The standard InChI is InChI=1S/C13H24N2O4/c1-9(14-12(17)19-13(2,3)4)11(16)18-10-6-7-15(5)8-10/h9-10H,6-8H2,1-5H3,(H,14,17). The van der Waals surface area contributed by atoms with E-state index in [1.165, 1.54) is 0 Å². The van der Waals surface area contributed by atoms with E-state index in [9.17, 15) is 9.59 Å². The molecule has 0 spiro atoms. The van der Waals surface area contributed by atoms with Crippen molar-refractivity contribution in [1.82, 2.24) is 10.2 Å². The number of nitrogens with one attached hydrogen (secondary N) is 1. The Labute approximate surface area is 114 Å². The van der Waals surface area contributed by atoms with Gasteiger partial charge in [-0.3, -0.25) is 0 Å². The summed E-state index contributed by atoms with van der Waals surface area (Å²) >= 11 is 0. The molecule has 0 bridgehead atoms. The van der Waals surface area contributed by atoms with Crippen molar-refractivity contribution in [3.05, 3.63) is 0 Å². The first kappa shape index (κ1) is 15.8. The Morgan fingerprint density at radius 3 is 2.47 bits per heavy atom. The van der Waals surface area contributed by atoms with Crippen LogP contribution in [0.3, 0.4) is 0 Å². The quantitative estimate of drug-likeness (QED) is 0.781. The van der Waals surface area contributed by atoms with Crippen molar-refractivity contribution in [3.8, 4) is 0 Å². The molecule has 1 rings (SSSR count). The minimum Gasteiger partial charge on any atom is -0.459 e. The molecule has 1 fully saturated rings. The SMILES string of the molecule is CC(NC(=O)OC(C)(C)C)C(=O)OC1CCN(C)C1. The Bertz CT molecular complexity index is 338. The molecule has 2 atom stereocenters. The van der Waals surface area contributed by atoms with Gasteiger partial charge in [0.25, 0.3) is 0 Å². The van der Waals surface area contributed by atoms with Crippen LogP contribution in [0.1, 0.15) is 34.1 Å². The number of carbonyl (C=O) groups excluding carboxylic acids is 2. The van der Waals surface area contributed by atoms with Crippen molar-refractivity contribution in [2.75, 3.05) is 20.1 Å². The second kappa shape index (κ2) is 6.23. The number of alkyl carbamates (subject to hydrolysis) is 1. The van der Waals surface area contributed by atoms with Crippen LogP contribution in [-0.2, 0) is 14.3 Å². The van der Waals surface area contributed by atoms with Crippen molar-refractivity contribution in [3.63, 3.8) is 0 Å². The van der Waals surface area contributed by atoms with Crippen LogP contribution in [0.25, 0.3) is 0 Å². The van der Waals surface area contributed by atoms with Crippen molar-refractivity contribution in [1.29, 1.82) is 0 Å². The molecule has 0 aliphatic carbocycles. The number of carbonyl (C=O) groups is 2. The lowest BCUT2D eigenvalue weighted by Gasteiger charge is -2.22. The van der Waals surface area contributed by atoms with Gasteiger partial charge in [0.05, 0.1) is 0 Å². The highest BCUT2D eigenvalue weighted by Gasteiger charge is 2.27. The summed E-state index contributed by atoms with van der Waals surface area (Å²) in [4.78, 5) is 25.4. The monoisotopic (exact) mass is 272 g/mol. The fraction of sp³-hybridized carbons (Fsp3) is 0.846. The summed E-state index contributed by atoms with van der Waals surface area (Å²) in [7, 11) is 1.98. The third-order valence-electron chi connectivity index (χ3n) is 2.72. The Hall–Kier alpha value is -1.30. The van der Waals surface area contributed by atoms with Crippen LogP contribution in [0.2, 0.25) is 0 Å². The van der Waals surface area contributed by atoms with E-state index < -0.39 is 23.7 Å². The number of ether oxygens (including phenoxy) is 2. The topological polar surface area (TPSA) is 67.9 Å². The van der Waals surface area contributed by atoms with Crippen LogP contribution in [0.5, 0.6) is 0 Å². The maximum Gasteiger partial charge on any atom is 0.408 e. The fourth-order valence-corrected chi connectivity index (χ4v) is 1.80. The van der Waals surface area contributed by atoms with Gasteiger partial charge in [0.2, 0.25) is 0 Å². The Morgan fingerprint density at radius 2 is 2.00 bits per heavy atom. The van der Waals surface area contributed by atoms with Gasteiger partial charge >= 0.3 is 12.1 Å². The number of amides is 1. The summed E-state index contributed by atoms with van der Waals surface area (Å²) < 4.78 is 10.4. The lowest BCUT2D eigenvalue weighted by atomic mass is 10.2. The van der Waals surface area contributed by atoms with Crippen molar-refractivity contribution >= 4 is 12.1 Å². The number of rotatable bonds is 3. The average molecular weight is 272 g/mol. The van der Waals surface area contributed by atoms with E-state index in [0.29, 0.717) is 0 Å². The zero-order chi connectivity index (χ0) is 14.6. The second-order valence-electron chi connectivity index (χ2n) is 5.98. The normalized spacial score (nSPS) is 21.8. The first-order chi connectivity index (χ1) is 8.67. The van der Waals surface area contributed by atoms with Crippen molar-refractivity contribution in [2.24, 2.45) is 0 Å². The smallest absolute Gasteiger partial charge is 0.408 e. The summed E-state index contributed by atoms with van der Waals surface area (Å²) in [5.74, 6) is -0.425. The molecular weight excluding hydrogens is 248 g/mol. The average Bonchev–Trinajstić information content (AvgIpc) is 2.60. The zero-order valence-corrected chi connectivity index (χ0v) is 12.4.